The molecule has 0 saturated carbocycles. The molecule has 0 aliphatic heterocycles. The van der Waals surface area contributed by atoms with Gasteiger partial charge in [0, 0.05) is 7.05 Å². The number of pyridine rings is 1. The highest BCUT2D eigenvalue weighted by Crippen LogP contribution is 2.05. The van der Waals surface area contributed by atoms with E-state index >= 15 is 0 Å². The predicted octanol–water partition coefficient (Wildman–Crippen LogP) is 1.14. The molecule has 1 amide bonds. The van der Waals surface area contributed by atoms with Crippen LogP contribution in [0.4, 0.5) is 4.39 Å². The Labute approximate surface area is 76.0 Å². The Kier molecular flexibility index (Phi) is 2.95. The second-order valence-electron chi connectivity index (χ2n) is 2.62. The van der Waals surface area contributed by atoms with Gasteiger partial charge in [-0.25, -0.2) is 4.98 Å². The number of carbonyl (C=O) groups excluding carboxylic acids is 1. The molecule has 0 aromatic carbocycles. The second-order valence-corrected chi connectivity index (χ2v) is 2.62. The average molecular weight is 182 g/mol. The van der Waals surface area contributed by atoms with Crippen molar-refractivity contribution in [2.24, 2.45) is 0 Å². The molecule has 0 unspecified atom stereocenters. The van der Waals surface area contributed by atoms with E-state index in [-0.39, 0.29) is 11.6 Å². The van der Waals surface area contributed by atoms with Gasteiger partial charge in [0.2, 0.25) is 5.95 Å². The number of carbonyl (C=O) groups is 1. The number of aromatic nitrogens is 1. The van der Waals surface area contributed by atoms with Crippen LogP contribution in [0.1, 0.15) is 23.0 Å². The number of nitrogens with one attached hydrogen (secondary N) is 1. The van der Waals surface area contributed by atoms with Crippen LogP contribution in [0.5, 0.6) is 0 Å². The maximum absolute atomic E-state index is 12.8. The van der Waals surface area contributed by atoms with Crippen molar-refractivity contribution in [3.8, 4) is 0 Å². The van der Waals surface area contributed by atoms with Crippen LogP contribution in [-0.2, 0) is 6.42 Å². The molecule has 1 aromatic heterocycles. The molecule has 70 valence electrons. The van der Waals surface area contributed by atoms with Crippen LogP contribution in [0.3, 0.4) is 0 Å². The number of nitrogens with zero attached hydrogens (tertiary/aromatic N) is 1. The Balaban J connectivity index is 3.08. The topological polar surface area (TPSA) is 42.0 Å². The first-order chi connectivity index (χ1) is 6.17. The smallest absolute Gasteiger partial charge is 0.269 e. The Bertz CT molecular complexity index is 325. The minimum atomic E-state index is -0.613. The lowest BCUT2D eigenvalue weighted by atomic mass is 10.2. The molecule has 0 aliphatic rings. The Morgan fingerprint density at radius 2 is 2.31 bits per heavy atom. The normalized spacial score (nSPS) is 9.77. The first-order valence-electron chi connectivity index (χ1n) is 4.06. The van der Waals surface area contributed by atoms with E-state index in [1.54, 1.807) is 6.07 Å². The summed E-state index contributed by atoms with van der Waals surface area (Å²) < 4.78 is 12.8. The molecule has 4 heteroatoms. The van der Waals surface area contributed by atoms with Crippen LogP contribution in [-0.4, -0.2) is 17.9 Å². The lowest BCUT2D eigenvalue weighted by Gasteiger charge is -2.01. The van der Waals surface area contributed by atoms with E-state index in [1.807, 2.05) is 6.92 Å². The summed E-state index contributed by atoms with van der Waals surface area (Å²) in [6.07, 6.45) is 0.684. The zero-order valence-corrected chi connectivity index (χ0v) is 7.60. The molecule has 1 aromatic rings. The van der Waals surface area contributed by atoms with Crippen LogP contribution >= 0.6 is 0 Å². The van der Waals surface area contributed by atoms with E-state index in [4.69, 9.17) is 0 Å². The van der Waals surface area contributed by atoms with Crippen molar-refractivity contribution in [2.45, 2.75) is 13.3 Å². The summed E-state index contributed by atoms with van der Waals surface area (Å²) in [5, 5.41) is 2.39. The van der Waals surface area contributed by atoms with Crippen molar-refractivity contribution in [1.82, 2.24) is 10.3 Å². The maximum atomic E-state index is 12.8. The third-order valence-electron chi connectivity index (χ3n) is 1.72. The molecular weight excluding hydrogens is 171 g/mol. The van der Waals surface area contributed by atoms with E-state index in [0.29, 0.717) is 6.42 Å². The van der Waals surface area contributed by atoms with Crippen molar-refractivity contribution in [3.05, 3.63) is 29.3 Å². The van der Waals surface area contributed by atoms with Crippen molar-refractivity contribution in [3.63, 3.8) is 0 Å². The first kappa shape index (κ1) is 9.64. The van der Waals surface area contributed by atoms with Gasteiger partial charge < -0.3 is 5.32 Å². The first-order valence-corrected chi connectivity index (χ1v) is 4.06. The molecular formula is C9H11FN2O. The van der Waals surface area contributed by atoms with Crippen molar-refractivity contribution in [1.29, 1.82) is 0 Å². The maximum Gasteiger partial charge on any atom is 0.269 e. The van der Waals surface area contributed by atoms with Gasteiger partial charge in [-0.3, -0.25) is 4.79 Å². The highest BCUT2D eigenvalue weighted by Gasteiger charge is 2.07. The van der Waals surface area contributed by atoms with Crippen molar-refractivity contribution < 1.29 is 9.18 Å². The number of hydrogen-bond acceptors (Lipinski definition) is 2. The van der Waals surface area contributed by atoms with E-state index in [0.717, 1.165) is 5.56 Å². The summed E-state index contributed by atoms with van der Waals surface area (Å²) in [6, 6.07) is 2.91. The van der Waals surface area contributed by atoms with E-state index in [2.05, 4.69) is 10.3 Å². The summed E-state index contributed by atoms with van der Waals surface area (Å²) in [4.78, 5) is 14.6. The lowest BCUT2D eigenvalue weighted by Crippen LogP contribution is -2.19. The summed E-state index contributed by atoms with van der Waals surface area (Å²) in [7, 11) is 1.49. The molecule has 0 radical (unpaired) electrons. The third kappa shape index (κ3) is 2.24. The van der Waals surface area contributed by atoms with Gasteiger partial charge in [-0.1, -0.05) is 6.92 Å². The molecule has 13 heavy (non-hydrogen) atoms. The van der Waals surface area contributed by atoms with Crippen molar-refractivity contribution in [2.75, 3.05) is 7.05 Å². The Morgan fingerprint density at radius 3 is 2.85 bits per heavy atom. The van der Waals surface area contributed by atoms with Crippen LogP contribution in [0.2, 0.25) is 0 Å². The number of aryl methyl sites for hydroxylation is 1. The monoisotopic (exact) mass is 182 g/mol. The summed E-state index contributed by atoms with van der Waals surface area (Å²) in [5.41, 5.74) is 0.894. The van der Waals surface area contributed by atoms with E-state index in [1.165, 1.54) is 13.1 Å². The second kappa shape index (κ2) is 3.98. The molecule has 1 N–H and O–H groups in total. The summed E-state index contributed by atoms with van der Waals surface area (Å²) in [6.45, 7) is 1.89. The Hall–Kier alpha value is -1.45. The van der Waals surface area contributed by atoms with Gasteiger partial charge >= 0.3 is 0 Å². The van der Waals surface area contributed by atoms with Gasteiger partial charge in [0.05, 0.1) is 0 Å². The van der Waals surface area contributed by atoms with Gasteiger partial charge in [0.25, 0.3) is 5.91 Å². The zero-order chi connectivity index (χ0) is 9.84. The average Bonchev–Trinajstić information content (AvgIpc) is 2.15. The molecule has 0 bridgehead atoms. The van der Waals surface area contributed by atoms with Crippen LogP contribution in [0.25, 0.3) is 0 Å². The van der Waals surface area contributed by atoms with Crippen LogP contribution in [0, 0.1) is 5.95 Å². The standard InChI is InChI=1S/C9H11FN2O/c1-3-6-4-7(9(13)11-2)12-8(10)5-6/h4-5H,3H2,1-2H3,(H,11,13). The fourth-order valence-electron chi connectivity index (χ4n) is 0.998. The number of rotatable bonds is 2. The minimum absolute atomic E-state index is 0.124. The lowest BCUT2D eigenvalue weighted by molar-refractivity contribution is 0.0957. The molecule has 0 spiro atoms. The number of hydrogen-bond donors (Lipinski definition) is 1. The van der Waals surface area contributed by atoms with Gasteiger partial charge in [-0.2, -0.15) is 4.39 Å². The highest BCUT2D eigenvalue weighted by atomic mass is 19.1. The molecule has 3 nitrogen and oxygen atoms in total. The van der Waals surface area contributed by atoms with Gasteiger partial charge in [0.15, 0.2) is 0 Å². The molecule has 0 fully saturated rings. The van der Waals surface area contributed by atoms with Crippen molar-refractivity contribution >= 4 is 5.91 Å². The quantitative estimate of drug-likeness (QED) is 0.697. The largest absolute Gasteiger partial charge is 0.354 e. The summed E-state index contributed by atoms with van der Waals surface area (Å²) >= 11 is 0. The van der Waals surface area contributed by atoms with E-state index in [9.17, 15) is 9.18 Å². The molecule has 1 heterocycles. The van der Waals surface area contributed by atoms with Gasteiger partial charge in [0.1, 0.15) is 5.69 Å². The van der Waals surface area contributed by atoms with Crippen LogP contribution in [0.15, 0.2) is 12.1 Å². The summed E-state index contributed by atoms with van der Waals surface area (Å²) in [5.74, 6) is -0.979. The third-order valence-corrected chi connectivity index (χ3v) is 1.72. The molecule has 0 saturated heterocycles. The van der Waals surface area contributed by atoms with Crippen LogP contribution < -0.4 is 5.32 Å². The predicted molar refractivity (Wildman–Crippen MR) is 47.0 cm³/mol. The highest BCUT2D eigenvalue weighted by molar-refractivity contribution is 5.92. The number of halogens is 1. The van der Waals surface area contributed by atoms with E-state index < -0.39 is 5.95 Å². The minimum Gasteiger partial charge on any atom is -0.354 e. The van der Waals surface area contributed by atoms with Gasteiger partial charge in [-0.15, -0.1) is 0 Å². The number of amides is 1. The zero-order valence-electron chi connectivity index (χ0n) is 7.60. The Morgan fingerprint density at radius 1 is 1.62 bits per heavy atom. The SMILES string of the molecule is CCc1cc(F)nc(C(=O)NC)c1. The molecule has 1 rings (SSSR count). The fraction of sp³-hybridized carbons (Fsp3) is 0.333. The molecule has 0 aliphatic carbocycles. The fourth-order valence-corrected chi connectivity index (χ4v) is 0.998. The molecule has 0 atom stereocenters. The van der Waals surface area contributed by atoms with Gasteiger partial charge in [-0.05, 0) is 24.1 Å².